The second-order valence-corrected chi connectivity index (χ2v) is 6.06. The van der Waals surface area contributed by atoms with Gasteiger partial charge in [-0.2, -0.15) is 5.10 Å². The minimum absolute atomic E-state index is 0.250. The van der Waals surface area contributed by atoms with E-state index in [4.69, 9.17) is 0 Å². The lowest BCUT2D eigenvalue weighted by atomic mass is 10.0. The van der Waals surface area contributed by atoms with Crippen molar-refractivity contribution in [2.24, 2.45) is 7.05 Å². The van der Waals surface area contributed by atoms with E-state index in [0.717, 1.165) is 23.2 Å². The molecule has 0 saturated carbocycles. The molecule has 2 aromatic heterocycles. The number of hydrogen-bond acceptors (Lipinski definition) is 4. The third-order valence-corrected chi connectivity index (χ3v) is 4.52. The van der Waals surface area contributed by atoms with E-state index in [1.165, 1.54) is 6.07 Å². The average molecular weight is 330 g/mol. The average Bonchev–Trinajstić information content (AvgIpc) is 3.13. The van der Waals surface area contributed by atoms with Crippen molar-refractivity contribution in [2.45, 2.75) is 18.6 Å². The predicted molar refractivity (Wildman–Crippen MR) is 85.6 cm³/mol. The van der Waals surface area contributed by atoms with Gasteiger partial charge in [0, 0.05) is 25.4 Å². The third kappa shape index (κ3) is 2.32. The van der Waals surface area contributed by atoms with Crippen LogP contribution in [0, 0.1) is 11.6 Å². The zero-order chi connectivity index (χ0) is 16.8. The van der Waals surface area contributed by atoms with Gasteiger partial charge >= 0.3 is 0 Å². The van der Waals surface area contributed by atoms with Gasteiger partial charge in [-0.1, -0.05) is 0 Å². The molecule has 1 aliphatic rings. The minimum Gasteiger partial charge on any atom is -0.391 e. The van der Waals surface area contributed by atoms with E-state index in [1.54, 1.807) is 24.1 Å². The van der Waals surface area contributed by atoms with Crippen LogP contribution in [0.4, 0.5) is 14.5 Å². The fourth-order valence-electron chi connectivity index (χ4n) is 3.43. The van der Waals surface area contributed by atoms with Crippen LogP contribution in [0.3, 0.4) is 0 Å². The monoisotopic (exact) mass is 330 g/mol. The molecule has 7 heteroatoms. The molecule has 124 valence electrons. The number of hydrogen-bond donors (Lipinski definition) is 1. The number of anilines is 1. The lowest BCUT2D eigenvalue weighted by Crippen LogP contribution is -2.25. The van der Waals surface area contributed by atoms with Crippen molar-refractivity contribution < 1.29 is 13.9 Å². The number of aliphatic hydroxyl groups is 1. The van der Waals surface area contributed by atoms with Crippen molar-refractivity contribution in [3.63, 3.8) is 0 Å². The van der Waals surface area contributed by atoms with Gasteiger partial charge in [0.15, 0.2) is 5.65 Å². The molecule has 0 aliphatic carbocycles. The van der Waals surface area contributed by atoms with Crippen LogP contribution in [0.5, 0.6) is 0 Å². The lowest BCUT2D eigenvalue weighted by Gasteiger charge is -2.27. The number of rotatable bonds is 2. The highest BCUT2D eigenvalue weighted by Gasteiger charge is 2.35. The van der Waals surface area contributed by atoms with E-state index in [9.17, 15) is 13.9 Å². The molecule has 1 aliphatic heterocycles. The normalized spacial score (nSPS) is 20.9. The Morgan fingerprint density at radius 2 is 2.08 bits per heavy atom. The third-order valence-electron chi connectivity index (χ3n) is 4.52. The molecular formula is C17H16F2N4O. The van der Waals surface area contributed by atoms with Gasteiger partial charge in [0.05, 0.1) is 29.4 Å². The smallest absolute Gasteiger partial charge is 0.159 e. The van der Waals surface area contributed by atoms with E-state index in [-0.39, 0.29) is 5.56 Å². The summed E-state index contributed by atoms with van der Waals surface area (Å²) in [6.45, 7) is 0.342. The largest absolute Gasteiger partial charge is 0.391 e. The molecule has 0 bridgehead atoms. The number of aryl methyl sites for hydroxylation is 1. The number of halogens is 2. The maximum Gasteiger partial charge on any atom is 0.159 e. The Labute approximate surface area is 137 Å². The summed E-state index contributed by atoms with van der Waals surface area (Å²) in [6, 6.07) is 4.79. The molecule has 3 aromatic rings. The SMILES string of the molecule is Cn1ncc2c(N3C[C@H](O)C[C@@H]3c3cc(F)ccc3F)ccnc21. The summed E-state index contributed by atoms with van der Waals surface area (Å²) in [5, 5.41) is 15.2. The van der Waals surface area contributed by atoms with E-state index in [1.807, 2.05) is 11.0 Å². The first-order chi connectivity index (χ1) is 11.5. The molecule has 4 rings (SSSR count). The van der Waals surface area contributed by atoms with Crippen LogP contribution >= 0.6 is 0 Å². The van der Waals surface area contributed by atoms with Crippen LogP contribution < -0.4 is 4.90 Å². The Hall–Kier alpha value is -2.54. The maximum absolute atomic E-state index is 14.3. The topological polar surface area (TPSA) is 54.2 Å². The van der Waals surface area contributed by atoms with E-state index in [2.05, 4.69) is 10.1 Å². The molecule has 1 aromatic carbocycles. The fraction of sp³-hybridized carbons (Fsp3) is 0.294. The predicted octanol–water partition coefficient (Wildman–Crippen LogP) is 2.56. The van der Waals surface area contributed by atoms with Crippen molar-refractivity contribution in [1.82, 2.24) is 14.8 Å². The van der Waals surface area contributed by atoms with Gasteiger partial charge in [0.1, 0.15) is 11.6 Å². The van der Waals surface area contributed by atoms with Gasteiger partial charge in [0.2, 0.25) is 0 Å². The first kappa shape index (κ1) is 15.0. The molecule has 0 radical (unpaired) electrons. The summed E-state index contributed by atoms with van der Waals surface area (Å²) in [4.78, 5) is 6.20. The summed E-state index contributed by atoms with van der Waals surface area (Å²) >= 11 is 0. The van der Waals surface area contributed by atoms with Crippen molar-refractivity contribution in [1.29, 1.82) is 0 Å². The summed E-state index contributed by atoms with van der Waals surface area (Å²) in [5.74, 6) is -0.967. The number of nitrogens with zero attached hydrogens (tertiary/aromatic N) is 4. The fourth-order valence-corrected chi connectivity index (χ4v) is 3.43. The Balaban J connectivity index is 1.84. The zero-order valence-electron chi connectivity index (χ0n) is 13.0. The molecule has 5 nitrogen and oxygen atoms in total. The Morgan fingerprint density at radius 3 is 2.92 bits per heavy atom. The lowest BCUT2D eigenvalue weighted by molar-refractivity contribution is 0.194. The Kier molecular flexibility index (Phi) is 3.45. The van der Waals surface area contributed by atoms with Gasteiger partial charge in [-0.05, 0) is 30.7 Å². The minimum atomic E-state index is -0.613. The molecule has 1 saturated heterocycles. The van der Waals surface area contributed by atoms with Crippen LogP contribution in [-0.4, -0.2) is 32.5 Å². The van der Waals surface area contributed by atoms with Crippen molar-refractivity contribution >= 4 is 16.7 Å². The summed E-state index contributed by atoms with van der Waals surface area (Å²) < 4.78 is 29.5. The van der Waals surface area contributed by atoms with Gasteiger partial charge in [-0.15, -0.1) is 0 Å². The second kappa shape index (κ2) is 5.52. The Morgan fingerprint density at radius 1 is 1.25 bits per heavy atom. The van der Waals surface area contributed by atoms with Crippen LogP contribution in [0.25, 0.3) is 11.0 Å². The van der Waals surface area contributed by atoms with Gasteiger partial charge in [-0.3, -0.25) is 4.68 Å². The highest BCUT2D eigenvalue weighted by Crippen LogP contribution is 2.39. The highest BCUT2D eigenvalue weighted by molar-refractivity contribution is 5.89. The number of benzene rings is 1. The number of pyridine rings is 1. The summed E-state index contributed by atoms with van der Waals surface area (Å²) in [7, 11) is 1.79. The van der Waals surface area contributed by atoms with Gasteiger partial charge in [-0.25, -0.2) is 13.8 Å². The van der Waals surface area contributed by atoms with Crippen LogP contribution in [0.2, 0.25) is 0 Å². The van der Waals surface area contributed by atoms with E-state index < -0.39 is 23.8 Å². The molecule has 0 unspecified atom stereocenters. The van der Waals surface area contributed by atoms with Gasteiger partial charge < -0.3 is 10.0 Å². The molecule has 0 spiro atoms. The van der Waals surface area contributed by atoms with E-state index in [0.29, 0.717) is 18.6 Å². The highest BCUT2D eigenvalue weighted by atomic mass is 19.1. The zero-order valence-corrected chi connectivity index (χ0v) is 13.0. The molecule has 24 heavy (non-hydrogen) atoms. The maximum atomic E-state index is 14.3. The molecule has 0 amide bonds. The van der Waals surface area contributed by atoms with Crippen LogP contribution in [0.1, 0.15) is 18.0 Å². The van der Waals surface area contributed by atoms with Gasteiger partial charge in [0.25, 0.3) is 0 Å². The molecular weight excluding hydrogens is 314 g/mol. The van der Waals surface area contributed by atoms with Crippen LogP contribution in [0.15, 0.2) is 36.7 Å². The van der Waals surface area contributed by atoms with Crippen molar-refractivity contribution in [3.05, 3.63) is 53.9 Å². The van der Waals surface area contributed by atoms with Crippen LogP contribution in [-0.2, 0) is 7.05 Å². The summed E-state index contributed by atoms with van der Waals surface area (Å²) in [6.07, 6.45) is 3.08. The Bertz CT molecular complexity index is 911. The standard InChI is InChI=1S/C17H16F2N4O/c1-22-17-13(8-21-22)15(4-5-20-17)23-9-11(24)7-16(23)12-6-10(18)2-3-14(12)19/h2-6,8,11,16,24H,7,9H2,1H3/t11-,16-/m1/s1. The molecule has 2 atom stereocenters. The molecule has 1 fully saturated rings. The van der Waals surface area contributed by atoms with E-state index >= 15 is 0 Å². The number of aliphatic hydroxyl groups excluding tert-OH is 1. The number of aromatic nitrogens is 3. The van der Waals surface area contributed by atoms with Crippen molar-refractivity contribution in [2.75, 3.05) is 11.4 Å². The first-order valence-corrected chi connectivity index (χ1v) is 7.71. The molecule has 1 N–H and O–H groups in total. The first-order valence-electron chi connectivity index (χ1n) is 7.71. The quantitative estimate of drug-likeness (QED) is 0.785. The number of β-amino-alcohol motifs (C(OH)–C–C–N with tert-alkyl or cyclic N) is 1. The second-order valence-electron chi connectivity index (χ2n) is 6.06. The molecule has 3 heterocycles. The van der Waals surface area contributed by atoms with Crippen molar-refractivity contribution in [3.8, 4) is 0 Å². The summed E-state index contributed by atoms with van der Waals surface area (Å²) in [5.41, 5.74) is 1.76. The number of fused-ring (bicyclic) bond motifs is 1.